The molecule has 2 aliphatic carbocycles. The summed E-state index contributed by atoms with van der Waals surface area (Å²) in [6, 6.07) is 27.4. The quantitative estimate of drug-likeness (QED) is 0.324. The van der Waals surface area contributed by atoms with Crippen molar-refractivity contribution in [3.05, 3.63) is 101 Å². The standard InChI is InChI=1S/C36H45BO2/c1-24-20-21-29(37-38-33(5,6)34(7,8)39-37)25(2)30(24)36(27-18-14-11-15-19-27)31(26-16-12-10-13-17-26)28-22-23-35(36,9)32(28,3)4/h10-21,28,31H,22-23H2,1-9H3. The van der Waals surface area contributed by atoms with Crippen LogP contribution in [-0.4, -0.2) is 18.3 Å². The number of benzene rings is 3. The summed E-state index contributed by atoms with van der Waals surface area (Å²) in [6.07, 6.45) is 2.50. The van der Waals surface area contributed by atoms with E-state index in [1.807, 2.05) is 0 Å². The monoisotopic (exact) mass is 520 g/mol. The van der Waals surface area contributed by atoms with Crippen LogP contribution in [0.2, 0.25) is 0 Å². The molecule has 3 aromatic rings. The van der Waals surface area contributed by atoms with Gasteiger partial charge in [-0.05, 0) is 104 Å². The Kier molecular flexibility index (Phi) is 5.90. The zero-order valence-corrected chi connectivity index (χ0v) is 25.4. The van der Waals surface area contributed by atoms with Crippen molar-refractivity contribution in [1.29, 1.82) is 0 Å². The van der Waals surface area contributed by atoms with Gasteiger partial charge in [0.15, 0.2) is 0 Å². The number of aryl methyl sites for hydroxylation is 1. The molecule has 4 atom stereocenters. The third kappa shape index (κ3) is 3.36. The molecule has 2 bridgehead atoms. The van der Waals surface area contributed by atoms with Gasteiger partial charge in [-0.3, -0.25) is 0 Å². The first-order valence-corrected chi connectivity index (χ1v) is 14.9. The third-order valence-corrected chi connectivity index (χ3v) is 12.0. The minimum absolute atomic E-state index is 0.0661. The third-order valence-electron chi connectivity index (χ3n) is 12.0. The van der Waals surface area contributed by atoms with Crippen molar-refractivity contribution in [2.45, 2.75) is 97.7 Å². The molecule has 3 heteroatoms. The molecule has 6 rings (SSSR count). The molecule has 0 radical (unpaired) electrons. The lowest BCUT2D eigenvalue weighted by Gasteiger charge is -2.54. The van der Waals surface area contributed by atoms with Crippen LogP contribution in [0.25, 0.3) is 0 Å². The molecule has 39 heavy (non-hydrogen) atoms. The maximum Gasteiger partial charge on any atom is 0.495 e. The lowest BCUT2D eigenvalue weighted by molar-refractivity contribution is 0.00578. The lowest BCUT2D eigenvalue weighted by Crippen LogP contribution is -2.50. The SMILES string of the molecule is Cc1ccc(B2OC(C)(C)C(C)(C)O2)c(C)c1C1(c2ccccc2)C(c2ccccc2)C2CCC1(C)C2(C)C. The van der Waals surface area contributed by atoms with Gasteiger partial charge in [0.05, 0.1) is 11.2 Å². The second kappa shape index (κ2) is 8.57. The van der Waals surface area contributed by atoms with Crippen LogP contribution in [0.15, 0.2) is 72.8 Å². The van der Waals surface area contributed by atoms with Gasteiger partial charge in [-0.15, -0.1) is 0 Å². The van der Waals surface area contributed by atoms with Crippen molar-refractivity contribution in [2.24, 2.45) is 16.7 Å². The van der Waals surface area contributed by atoms with Gasteiger partial charge < -0.3 is 9.31 Å². The van der Waals surface area contributed by atoms with Crippen LogP contribution in [0.3, 0.4) is 0 Å². The van der Waals surface area contributed by atoms with Crippen LogP contribution < -0.4 is 5.46 Å². The van der Waals surface area contributed by atoms with Crippen molar-refractivity contribution in [2.75, 3.05) is 0 Å². The molecule has 4 unspecified atom stereocenters. The van der Waals surface area contributed by atoms with E-state index in [9.17, 15) is 0 Å². The molecule has 3 aliphatic rings. The Hall–Kier alpha value is -2.36. The van der Waals surface area contributed by atoms with Crippen LogP contribution in [-0.2, 0) is 14.7 Å². The molecular weight excluding hydrogens is 475 g/mol. The maximum absolute atomic E-state index is 6.64. The van der Waals surface area contributed by atoms with Gasteiger partial charge in [-0.25, -0.2) is 0 Å². The van der Waals surface area contributed by atoms with Crippen molar-refractivity contribution in [1.82, 2.24) is 0 Å². The van der Waals surface area contributed by atoms with E-state index in [0.29, 0.717) is 11.8 Å². The largest absolute Gasteiger partial charge is 0.495 e. The van der Waals surface area contributed by atoms with E-state index >= 15 is 0 Å². The maximum atomic E-state index is 6.64. The Bertz CT molecular complexity index is 1380. The van der Waals surface area contributed by atoms with Crippen molar-refractivity contribution >= 4 is 12.6 Å². The number of fused-ring (bicyclic) bond motifs is 2. The molecule has 0 spiro atoms. The van der Waals surface area contributed by atoms with E-state index in [1.54, 1.807) is 0 Å². The second-order valence-electron chi connectivity index (χ2n) is 14.3. The first kappa shape index (κ1) is 26.8. The van der Waals surface area contributed by atoms with E-state index in [2.05, 4.69) is 135 Å². The predicted octanol–water partition coefficient (Wildman–Crippen LogP) is 8.13. The first-order chi connectivity index (χ1) is 18.3. The highest BCUT2D eigenvalue weighted by Crippen LogP contribution is 2.80. The van der Waals surface area contributed by atoms with Gasteiger partial charge >= 0.3 is 7.12 Å². The number of rotatable bonds is 4. The van der Waals surface area contributed by atoms with E-state index in [0.717, 1.165) is 0 Å². The molecule has 1 aliphatic heterocycles. The fourth-order valence-corrected chi connectivity index (χ4v) is 9.08. The van der Waals surface area contributed by atoms with Crippen molar-refractivity contribution in [3.8, 4) is 0 Å². The van der Waals surface area contributed by atoms with E-state index in [4.69, 9.17) is 9.31 Å². The zero-order chi connectivity index (χ0) is 28.0. The molecule has 0 N–H and O–H groups in total. The minimum Gasteiger partial charge on any atom is -0.399 e. The summed E-state index contributed by atoms with van der Waals surface area (Å²) in [7, 11) is -0.378. The Labute approximate surface area is 236 Å². The summed E-state index contributed by atoms with van der Waals surface area (Å²) in [5.41, 5.74) is 7.53. The van der Waals surface area contributed by atoms with Crippen molar-refractivity contribution in [3.63, 3.8) is 0 Å². The van der Waals surface area contributed by atoms with Crippen LogP contribution >= 0.6 is 0 Å². The van der Waals surface area contributed by atoms with Gasteiger partial charge in [0, 0.05) is 11.3 Å². The van der Waals surface area contributed by atoms with Crippen LogP contribution in [0.5, 0.6) is 0 Å². The van der Waals surface area contributed by atoms with E-state index < -0.39 is 0 Å². The molecule has 0 amide bonds. The van der Waals surface area contributed by atoms with Gasteiger partial charge in [-0.1, -0.05) is 93.6 Å². The van der Waals surface area contributed by atoms with E-state index in [1.165, 1.54) is 46.1 Å². The normalized spacial score (nSPS) is 32.1. The average Bonchev–Trinajstić information content (AvgIpc) is 3.32. The molecule has 3 aromatic carbocycles. The van der Waals surface area contributed by atoms with Crippen molar-refractivity contribution < 1.29 is 9.31 Å². The summed E-state index contributed by atoms with van der Waals surface area (Å²) < 4.78 is 13.3. The molecule has 1 heterocycles. The summed E-state index contributed by atoms with van der Waals surface area (Å²) >= 11 is 0. The lowest BCUT2D eigenvalue weighted by atomic mass is 9.48. The molecule has 2 nitrogen and oxygen atoms in total. The van der Waals surface area contributed by atoms with Gasteiger partial charge in [0.1, 0.15) is 0 Å². The first-order valence-electron chi connectivity index (χ1n) is 14.9. The highest BCUT2D eigenvalue weighted by atomic mass is 16.7. The topological polar surface area (TPSA) is 18.5 Å². The van der Waals surface area contributed by atoms with Gasteiger partial charge in [-0.2, -0.15) is 0 Å². The van der Waals surface area contributed by atoms with E-state index in [-0.39, 0.29) is 34.6 Å². The molecular formula is C36H45BO2. The summed E-state index contributed by atoms with van der Waals surface area (Å²) in [5.74, 6) is 0.963. The molecule has 1 saturated heterocycles. The van der Waals surface area contributed by atoms with Crippen LogP contribution in [0.1, 0.15) is 95.0 Å². The summed E-state index contributed by atoms with van der Waals surface area (Å²) in [5, 5.41) is 0. The fourth-order valence-electron chi connectivity index (χ4n) is 9.08. The molecule has 3 fully saturated rings. The highest BCUT2D eigenvalue weighted by Gasteiger charge is 2.74. The Morgan fingerprint density at radius 2 is 1.28 bits per heavy atom. The highest BCUT2D eigenvalue weighted by molar-refractivity contribution is 6.62. The molecule has 2 saturated carbocycles. The molecule has 204 valence electrons. The fraction of sp³-hybridized carbons (Fsp3) is 0.500. The Morgan fingerprint density at radius 3 is 1.87 bits per heavy atom. The second-order valence-corrected chi connectivity index (χ2v) is 14.3. The Morgan fingerprint density at radius 1 is 0.718 bits per heavy atom. The smallest absolute Gasteiger partial charge is 0.399 e. The average molecular weight is 521 g/mol. The summed E-state index contributed by atoms with van der Waals surface area (Å²) in [6.45, 7) is 20.9. The van der Waals surface area contributed by atoms with Crippen LogP contribution in [0.4, 0.5) is 0 Å². The molecule has 0 aromatic heterocycles. The minimum atomic E-state index is -0.378. The Balaban J connectivity index is 1.69. The van der Waals surface area contributed by atoms with Gasteiger partial charge in [0.25, 0.3) is 0 Å². The number of hydrogen-bond donors (Lipinski definition) is 0. The van der Waals surface area contributed by atoms with Crippen LogP contribution in [0, 0.1) is 30.6 Å². The predicted molar refractivity (Wildman–Crippen MR) is 163 cm³/mol. The number of hydrogen-bond acceptors (Lipinski definition) is 2. The summed E-state index contributed by atoms with van der Waals surface area (Å²) in [4.78, 5) is 0. The van der Waals surface area contributed by atoms with Gasteiger partial charge in [0.2, 0.25) is 0 Å². The zero-order valence-electron chi connectivity index (χ0n) is 25.4.